The van der Waals surface area contributed by atoms with E-state index >= 15 is 0 Å². The lowest BCUT2D eigenvalue weighted by atomic mass is 9.72. The molecule has 2 saturated heterocycles. The first kappa shape index (κ1) is 19.5. The fourth-order valence-electron chi connectivity index (χ4n) is 6.01. The Kier molecular flexibility index (Phi) is 4.59. The van der Waals surface area contributed by atoms with Crippen molar-refractivity contribution in [3.8, 4) is 0 Å². The first-order valence-electron chi connectivity index (χ1n) is 11.0. The maximum absolute atomic E-state index is 14.5. The highest BCUT2D eigenvalue weighted by Crippen LogP contribution is 2.58. The minimum Gasteiger partial charge on any atom is -0.511 e. The normalized spacial score (nSPS) is 29.7. The van der Waals surface area contributed by atoms with Gasteiger partial charge in [-0.1, -0.05) is 49.7 Å². The number of aliphatic hydroxyl groups excluding tert-OH is 1. The Balaban J connectivity index is 1.61. The molecule has 1 N–H and O–H groups in total. The number of rotatable bonds is 4. The summed E-state index contributed by atoms with van der Waals surface area (Å²) in [6.07, 6.45) is 1.58. The summed E-state index contributed by atoms with van der Waals surface area (Å²) in [5.41, 5.74) is 5.37. The van der Waals surface area contributed by atoms with Gasteiger partial charge < -0.3 is 9.84 Å². The molecule has 3 nitrogen and oxygen atoms in total. The van der Waals surface area contributed by atoms with E-state index in [1.54, 1.807) is 12.1 Å². The van der Waals surface area contributed by atoms with Gasteiger partial charge >= 0.3 is 0 Å². The van der Waals surface area contributed by atoms with Crippen molar-refractivity contribution in [2.45, 2.75) is 58.2 Å². The van der Waals surface area contributed by atoms with Crippen LogP contribution in [-0.4, -0.2) is 23.1 Å². The predicted molar refractivity (Wildman–Crippen MR) is 114 cm³/mol. The quantitative estimate of drug-likeness (QED) is 0.750. The van der Waals surface area contributed by atoms with Crippen molar-refractivity contribution in [1.29, 1.82) is 0 Å². The van der Waals surface area contributed by atoms with Crippen molar-refractivity contribution in [3.05, 3.63) is 75.8 Å². The molecule has 3 unspecified atom stereocenters. The fourth-order valence-corrected chi connectivity index (χ4v) is 6.01. The van der Waals surface area contributed by atoms with E-state index in [1.807, 2.05) is 6.07 Å². The molecule has 4 heteroatoms. The number of Topliss-reactive ketones (excluding diaryl/α,β-unsaturated/α-hetero) is 1. The average molecular weight is 406 g/mol. The van der Waals surface area contributed by atoms with Crippen LogP contribution < -0.4 is 0 Å². The summed E-state index contributed by atoms with van der Waals surface area (Å²) >= 11 is 0. The number of aryl methyl sites for hydroxylation is 3. The Hall–Kier alpha value is -2.46. The highest BCUT2D eigenvalue weighted by Gasteiger charge is 2.63. The van der Waals surface area contributed by atoms with E-state index in [0.717, 1.165) is 29.5 Å². The summed E-state index contributed by atoms with van der Waals surface area (Å²) in [4.78, 5) is 13.5. The zero-order chi connectivity index (χ0) is 21.2. The van der Waals surface area contributed by atoms with Gasteiger partial charge in [-0.25, -0.2) is 4.39 Å². The Morgan fingerprint density at radius 2 is 1.77 bits per heavy atom. The van der Waals surface area contributed by atoms with Crippen LogP contribution in [-0.2, 0) is 22.4 Å². The largest absolute Gasteiger partial charge is 0.511 e. The molecule has 2 aromatic rings. The molecule has 0 spiro atoms. The molecule has 156 valence electrons. The van der Waals surface area contributed by atoms with Crippen LogP contribution in [0.4, 0.5) is 4.39 Å². The van der Waals surface area contributed by atoms with Crippen LogP contribution in [0.1, 0.15) is 54.0 Å². The molecule has 5 atom stereocenters. The molecular formula is C26H27FO3. The Bertz CT molecular complexity index is 1040. The van der Waals surface area contributed by atoms with Gasteiger partial charge in [0.15, 0.2) is 5.78 Å². The van der Waals surface area contributed by atoms with Crippen molar-refractivity contribution in [3.63, 3.8) is 0 Å². The van der Waals surface area contributed by atoms with E-state index in [1.165, 1.54) is 11.6 Å². The van der Waals surface area contributed by atoms with Gasteiger partial charge in [-0.2, -0.15) is 0 Å². The number of allylic oxidation sites excluding steroid dienone is 1. The second kappa shape index (κ2) is 7.05. The lowest BCUT2D eigenvalue weighted by Gasteiger charge is -2.28. The highest BCUT2D eigenvalue weighted by atomic mass is 19.1. The van der Waals surface area contributed by atoms with Crippen LogP contribution in [0.2, 0.25) is 0 Å². The first-order chi connectivity index (χ1) is 14.5. The van der Waals surface area contributed by atoms with E-state index in [0.29, 0.717) is 17.6 Å². The average Bonchev–Trinajstić information content (AvgIpc) is 3.39. The maximum atomic E-state index is 14.5. The van der Waals surface area contributed by atoms with Crippen molar-refractivity contribution in [2.24, 2.45) is 11.8 Å². The van der Waals surface area contributed by atoms with Crippen LogP contribution in [0.5, 0.6) is 0 Å². The summed E-state index contributed by atoms with van der Waals surface area (Å²) in [5.74, 6) is -0.989. The number of halogens is 1. The molecule has 0 radical (unpaired) electrons. The molecule has 3 aliphatic rings. The van der Waals surface area contributed by atoms with E-state index in [2.05, 4.69) is 32.9 Å². The summed E-state index contributed by atoms with van der Waals surface area (Å²) in [7, 11) is 0. The number of ketones is 1. The molecule has 0 aromatic heterocycles. The van der Waals surface area contributed by atoms with Crippen LogP contribution in [0.15, 0.2) is 42.2 Å². The van der Waals surface area contributed by atoms with Gasteiger partial charge in [0.25, 0.3) is 0 Å². The SMILES string of the molecule is CCc1cc(C)cc(CC)c1C1=C(O)[C@@H]2C3OC(CC3c3ccccc3F)[C@@H]2C1=O. The van der Waals surface area contributed by atoms with Crippen LogP contribution in [0.25, 0.3) is 5.57 Å². The van der Waals surface area contributed by atoms with Gasteiger partial charge in [0.2, 0.25) is 0 Å². The number of ether oxygens (including phenoxy) is 1. The Labute approximate surface area is 176 Å². The molecule has 30 heavy (non-hydrogen) atoms. The Morgan fingerprint density at radius 3 is 2.40 bits per heavy atom. The summed E-state index contributed by atoms with van der Waals surface area (Å²) in [6.45, 7) is 6.22. The molecule has 0 saturated carbocycles. The zero-order valence-corrected chi connectivity index (χ0v) is 17.6. The van der Waals surface area contributed by atoms with Gasteiger partial charge in [0.1, 0.15) is 11.6 Å². The topological polar surface area (TPSA) is 46.5 Å². The minimum atomic E-state index is -0.383. The second-order valence-corrected chi connectivity index (χ2v) is 8.84. The molecule has 2 bridgehead atoms. The van der Waals surface area contributed by atoms with Crippen LogP contribution in [0, 0.1) is 24.6 Å². The van der Waals surface area contributed by atoms with Gasteiger partial charge in [-0.3, -0.25) is 4.79 Å². The van der Waals surface area contributed by atoms with Crippen LogP contribution in [0.3, 0.4) is 0 Å². The number of benzene rings is 2. The molecular weight excluding hydrogens is 379 g/mol. The number of hydrogen-bond donors (Lipinski definition) is 1. The smallest absolute Gasteiger partial charge is 0.173 e. The number of carbonyl (C=O) groups is 1. The van der Waals surface area contributed by atoms with E-state index in [4.69, 9.17) is 4.74 Å². The van der Waals surface area contributed by atoms with E-state index in [-0.39, 0.29) is 47.3 Å². The van der Waals surface area contributed by atoms with Crippen molar-refractivity contribution in [1.82, 2.24) is 0 Å². The van der Waals surface area contributed by atoms with Gasteiger partial charge in [0, 0.05) is 5.92 Å². The van der Waals surface area contributed by atoms with Gasteiger partial charge in [-0.15, -0.1) is 0 Å². The number of hydrogen-bond acceptors (Lipinski definition) is 3. The number of fused-ring (bicyclic) bond motifs is 5. The van der Waals surface area contributed by atoms with Gasteiger partial charge in [-0.05, 0) is 54.5 Å². The molecule has 0 amide bonds. The lowest BCUT2D eigenvalue weighted by molar-refractivity contribution is -0.118. The zero-order valence-electron chi connectivity index (χ0n) is 17.6. The molecule has 2 aliphatic heterocycles. The Morgan fingerprint density at radius 1 is 1.10 bits per heavy atom. The maximum Gasteiger partial charge on any atom is 0.173 e. The van der Waals surface area contributed by atoms with E-state index < -0.39 is 0 Å². The standard InChI is InChI=1S/C26H27FO3/c1-4-14-10-13(3)11-15(5-2)20(14)22-24(28)21-19-12-17(16-8-6-7-9-18(16)27)26(30-19)23(21)25(22)29/h6-11,17,19,21,23,26,29H,4-5,12H2,1-3H3/t17?,19?,21-,23+,26?/m0/s1. The van der Waals surface area contributed by atoms with E-state index in [9.17, 15) is 14.3 Å². The number of aliphatic hydroxyl groups is 1. The predicted octanol–water partition coefficient (Wildman–Crippen LogP) is 5.30. The molecule has 2 heterocycles. The van der Waals surface area contributed by atoms with Crippen molar-refractivity contribution < 1.29 is 19.0 Å². The summed E-state index contributed by atoms with van der Waals surface area (Å²) in [5, 5.41) is 11.3. The first-order valence-corrected chi connectivity index (χ1v) is 11.0. The molecule has 1 aliphatic carbocycles. The monoisotopic (exact) mass is 406 g/mol. The second-order valence-electron chi connectivity index (χ2n) is 8.84. The summed E-state index contributed by atoms with van der Waals surface area (Å²) < 4.78 is 20.6. The molecule has 2 fully saturated rings. The third kappa shape index (κ3) is 2.63. The summed E-state index contributed by atoms with van der Waals surface area (Å²) in [6, 6.07) is 11.0. The minimum absolute atomic E-state index is 0.00904. The fraction of sp³-hybridized carbons (Fsp3) is 0.423. The molecule has 2 aromatic carbocycles. The van der Waals surface area contributed by atoms with Crippen molar-refractivity contribution in [2.75, 3.05) is 0 Å². The lowest BCUT2D eigenvalue weighted by Crippen LogP contribution is -2.33. The van der Waals surface area contributed by atoms with Crippen molar-refractivity contribution >= 4 is 11.4 Å². The third-order valence-electron chi connectivity index (χ3n) is 7.24. The van der Waals surface area contributed by atoms with Gasteiger partial charge in [0.05, 0.1) is 29.6 Å². The highest BCUT2D eigenvalue weighted by molar-refractivity contribution is 6.26. The van der Waals surface area contributed by atoms with Crippen LogP contribution >= 0.6 is 0 Å². The molecule has 5 rings (SSSR count). The third-order valence-corrected chi connectivity index (χ3v) is 7.24. The number of carbonyl (C=O) groups excluding carboxylic acids is 1.